The molecule has 10 heteroatoms. The van der Waals surface area contributed by atoms with E-state index in [0.717, 1.165) is 0 Å². The molecule has 4 aromatic rings. The Hall–Kier alpha value is -3.59. The Bertz CT molecular complexity index is 1110. The van der Waals surface area contributed by atoms with Crippen LogP contribution in [0.15, 0.2) is 55.2 Å². The van der Waals surface area contributed by atoms with E-state index in [1.54, 1.807) is 16.7 Å². The first-order valence-corrected chi connectivity index (χ1v) is 7.82. The second-order valence-corrected chi connectivity index (χ2v) is 5.68. The summed E-state index contributed by atoms with van der Waals surface area (Å²) in [6, 6.07) is 10.5. The highest BCUT2D eigenvalue weighted by Crippen LogP contribution is 2.31. The van der Waals surface area contributed by atoms with Gasteiger partial charge >= 0.3 is 5.69 Å². The van der Waals surface area contributed by atoms with E-state index in [-0.39, 0.29) is 17.3 Å². The molecule has 9 nitrogen and oxygen atoms in total. The lowest BCUT2D eigenvalue weighted by Crippen LogP contribution is -2.07. The maximum Gasteiger partial charge on any atom is 0.354 e. The Morgan fingerprint density at radius 2 is 1.92 bits per heavy atom. The van der Waals surface area contributed by atoms with E-state index in [1.165, 1.54) is 18.9 Å². The Kier molecular flexibility index (Phi) is 3.90. The Labute approximate surface area is 151 Å². The number of halogens is 1. The molecule has 0 amide bonds. The maximum atomic E-state index is 11.7. The van der Waals surface area contributed by atoms with Crippen LogP contribution in [-0.2, 0) is 0 Å². The van der Waals surface area contributed by atoms with Crippen LogP contribution >= 0.6 is 11.6 Å². The number of nitro groups is 1. The maximum absolute atomic E-state index is 11.7. The number of hydrogen-bond acceptors (Lipinski definition) is 7. The topological polar surface area (TPSA) is 112 Å². The highest BCUT2D eigenvalue weighted by atomic mass is 35.5. The number of rotatable bonds is 4. The third-order valence-corrected chi connectivity index (χ3v) is 3.86. The molecule has 0 saturated heterocycles. The van der Waals surface area contributed by atoms with E-state index >= 15 is 0 Å². The second kappa shape index (κ2) is 6.37. The van der Waals surface area contributed by atoms with E-state index in [4.69, 9.17) is 11.6 Å². The fourth-order valence-corrected chi connectivity index (χ4v) is 2.62. The molecule has 3 heterocycles. The van der Waals surface area contributed by atoms with Gasteiger partial charge in [-0.15, -0.1) is 0 Å². The molecular weight excluding hydrogens is 358 g/mol. The number of benzene rings is 1. The predicted molar refractivity (Wildman–Crippen MR) is 95.8 cm³/mol. The van der Waals surface area contributed by atoms with Crippen LogP contribution < -0.4 is 5.32 Å². The highest BCUT2D eigenvalue weighted by molar-refractivity contribution is 6.30. The van der Waals surface area contributed by atoms with Crippen LogP contribution in [0.25, 0.3) is 16.9 Å². The number of hydrogen-bond donors (Lipinski definition) is 1. The molecule has 1 aromatic carbocycles. The molecule has 128 valence electrons. The minimum atomic E-state index is -0.539. The van der Waals surface area contributed by atoms with Crippen LogP contribution in [0.5, 0.6) is 0 Å². The third kappa shape index (κ3) is 2.80. The molecule has 0 aliphatic carbocycles. The van der Waals surface area contributed by atoms with Crippen LogP contribution in [0.2, 0.25) is 5.02 Å². The molecule has 0 radical (unpaired) electrons. The van der Waals surface area contributed by atoms with Crippen LogP contribution in [0.4, 0.5) is 17.3 Å². The number of imidazole rings is 1. The van der Waals surface area contributed by atoms with E-state index < -0.39 is 4.92 Å². The van der Waals surface area contributed by atoms with Gasteiger partial charge in [-0.2, -0.15) is 0 Å². The molecule has 0 saturated carbocycles. The number of aromatic nitrogens is 5. The lowest BCUT2D eigenvalue weighted by molar-refractivity contribution is -0.384. The van der Waals surface area contributed by atoms with Gasteiger partial charge in [-0.25, -0.2) is 19.9 Å². The number of pyridine rings is 1. The fourth-order valence-electron chi connectivity index (χ4n) is 2.50. The van der Waals surface area contributed by atoms with Gasteiger partial charge in [-0.05, 0) is 24.3 Å². The first kappa shape index (κ1) is 15.9. The van der Waals surface area contributed by atoms with Crippen molar-refractivity contribution in [2.45, 2.75) is 0 Å². The minimum absolute atomic E-state index is 0.0209. The van der Waals surface area contributed by atoms with Crippen molar-refractivity contribution in [3.63, 3.8) is 0 Å². The van der Waals surface area contributed by atoms with Crippen molar-refractivity contribution in [2.24, 2.45) is 0 Å². The summed E-state index contributed by atoms with van der Waals surface area (Å²) in [7, 11) is 0. The minimum Gasteiger partial charge on any atom is -0.319 e. The number of nitrogens with one attached hydrogen (secondary N) is 1. The molecule has 0 fully saturated rings. The summed E-state index contributed by atoms with van der Waals surface area (Å²) in [5, 5.41) is 15.0. The third-order valence-electron chi connectivity index (χ3n) is 3.64. The van der Waals surface area contributed by atoms with Gasteiger partial charge in [0.1, 0.15) is 18.5 Å². The Morgan fingerprint density at radius 3 is 2.69 bits per heavy atom. The normalized spacial score (nSPS) is 10.8. The van der Waals surface area contributed by atoms with Crippen LogP contribution in [0.1, 0.15) is 0 Å². The molecule has 4 rings (SSSR count). The molecule has 3 aromatic heterocycles. The standard InChI is InChI=1S/C16H10ClN7O2/c17-10-5-6-13(18-7-10)22-15-14(24(25)26)16(20-8-19-15)23-9-21-11-3-1-2-4-12(11)23/h1-9H,(H,18,19,20,22). The van der Waals surface area contributed by atoms with Crippen LogP contribution in [0, 0.1) is 10.1 Å². The molecule has 1 N–H and O–H groups in total. The van der Waals surface area contributed by atoms with Gasteiger partial charge < -0.3 is 5.32 Å². The van der Waals surface area contributed by atoms with Crippen molar-refractivity contribution in [1.29, 1.82) is 0 Å². The summed E-state index contributed by atoms with van der Waals surface area (Å²) in [5.74, 6) is 0.500. The Morgan fingerprint density at radius 1 is 1.08 bits per heavy atom. The number of fused-ring (bicyclic) bond motifs is 1. The fraction of sp³-hybridized carbons (Fsp3) is 0. The van der Waals surface area contributed by atoms with Gasteiger partial charge in [0.25, 0.3) is 0 Å². The van der Waals surface area contributed by atoms with Crippen molar-refractivity contribution in [1.82, 2.24) is 24.5 Å². The van der Waals surface area contributed by atoms with Gasteiger partial charge in [0.15, 0.2) is 0 Å². The van der Waals surface area contributed by atoms with Crippen molar-refractivity contribution in [3.05, 3.63) is 70.4 Å². The van der Waals surface area contributed by atoms with Gasteiger partial charge in [0, 0.05) is 6.20 Å². The van der Waals surface area contributed by atoms with Crippen molar-refractivity contribution >= 4 is 40.0 Å². The quantitative estimate of drug-likeness (QED) is 0.433. The molecule has 0 unspecified atom stereocenters. The van der Waals surface area contributed by atoms with Crippen LogP contribution in [0.3, 0.4) is 0 Å². The smallest absolute Gasteiger partial charge is 0.319 e. The summed E-state index contributed by atoms with van der Waals surface area (Å²) >= 11 is 5.81. The largest absolute Gasteiger partial charge is 0.354 e. The average Bonchev–Trinajstić information content (AvgIpc) is 3.07. The first-order valence-electron chi connectivity index (χ1n) is 7.44. The SMILES string of the molecule is O=[N+]([O-])c1c(Nc2ccc(Cl)cn2)ncnc1-n1cnc2ccccc21. The molecule has 0 spiro atoms. The summed E-state index contributed by atoms with van der Waals surface area (Å²) in [6.45, 7) is 0. The number of anilines is 2. The predicted octanol–water partition coefficient (Wildman–Crippen LogP) is 3.52. The molecule has 0 aliphatic heterocycles. The zero-order chi connectivity index (χ0) is 18.1. The van der Waals surface area contributed by atoms with E-state index in [9.17, 15) is 10.1 Å². The van der Waals surface area contributed by atoms with Crippen molar-refractivity contribution in [2.75, 3.05) is 5.32 Å². The van der Waals surface area contributed by atoms with Gasteiger partial charge in [0.2, 0.25) is 11.6 Å². The zero-order valence-corrected chi connectivity index (χ0v) is 13.8. The first-order chi connectivity index (χ1) is 12.6. The molecule has 0 aliphatic rings. The average molecular weight is 368 g/mol. The lowest BCUT2D eigenvalue weighted by Gasteiger charge is -2.09. The van der Waals surface area contributed by atoms with E-state index in [1.807, 2.05) is 24.3 Å². The van der Waals surface area contributed by atoms with E-state index in [2.05, 4.69) is 25.3 Å². The highest BCUT2D eigenvalue weighted by Gasteiger charge is 2.25. The summed E-state index contributed by atoms with van der Waals surface area (Å²) in [6.07, 6.45) is 4.17. The number of nitrogens with zero attached hydrogens (tertiary/aromatic N) is 6. The lowest BCUT2D eigenvalue weighted by atomic mass is 10.3. The zero-order valence-electron chi connectivity index (χ0n) is 13.1. The number of para-hydroxylation sites is 2. The van der Waals surface area contributed by atoms with Crippen molar-refractivity contribution < 1.29 is 4.92 Å². The molecule has 0 bridgehead atoms. The summed E-state index contributed by atoms with van der Waals surface area (Å²) in [5.41, 5.74) is 1.12. The molecule has 26 heavy (non-hydrogen) atoms. The van der Waals surface area contributed by atoms with Gasteiger partial charge in [0.05, 0.1) is 21.0 Å². The monoisotopic (exact) mass is 367 g/mol. The molecule has 0 atom stereocenters. The summed E-state index contributed by atoms with van der Waals surface area (Å²) < 4.78 is 1.55. The van der Waals surface area contributed by atoms with Crippen LogP contribution in [-0.4, -0.2) is 29.4 Å². The van der Waals surface area contributed by atoms with Gasteiger partial charge in [-0.3, -0.25) is 14.7 Å². The summed E-state index contributed by atoms with van der Waals surface area (Å²) in [4.78, 5) is 27.6. The van der Waals surface area contributed by atoms with Gasteiger partial charge in [-0.1, -0.05) is 23.7 Å². The van der Waals surface area contributed by atoms with E-state index in [0.29, 0.717) is 21.9 Å². The Balaban J connectivity index is 1.86. The van der Waals surface area contributed by atoms with Crippen molar-refractivity contribution in [3.8, 4) is 5.82 Å². The second-order valence-electron chi connectivity index (χ2n) is 5.24. The molecular formula is C16H10ClN7O2.